The Labute approximate surface area is 147 Å². The molecule has 0 saturated heterocycles. The number of fused-ring (bicyclic) bond motifs is 1. The molecule has 0 unspecified atom stereocenters. The molecule has 0 aliphatic carbocycles. The van der Waals surface area contributed by atoms with Crippen LogP contribution in [0.25, 0.3) is 10.8 Å². The molecule has 4 nitrogen and oxygen atoms in total. The van der Waals surface area contributed by atoms with Crippen molar-refractivity contribution in [3.63, 3.8) is 0 Å². The first kappa shape index (κ1) is 16.8. The van der Waals surface area contributed by atoms with Gasteiger partial charge >= 0.3 is 0 Å². The zero-order chi connectivity index (χ0) is 17.5. The van der Waals surface area contributed by atoms with Crippen molar-refractivity contribution in [3.8, 4) is 11.5 Å². The van der Waals surface area contributed by atoms with Gasteiger partial charge in [0.2, 0.25) is 0 Å². The van der Waals surface area contributed by atoms with Gasteiger partial charge in [0.25, 0.3) is 5.91 Å². The average molecular weight is 335 g/mol. The number of carbonyl (C=O) groups is 1. The molecule has 0 spiro atoms. The highest BCUT2D eigenvalue weighted by Gasteiger charge is 2.08. The molecule has 25 heavy (non-hydrogen) atoms. The molecule has 0 saturated carbocycles. The third-order valence-corrected chi connectivity index (χ3v) is 3.83. The van der Waals surface area contributed by atoms with Crippen LogP contribution in [-0.4, -0.2) is 25.7 Å². The number of carbonyl (C=O) groups excluding carboxylic acids is 1. The second-order valence-electron chi connectivity index (χ2n) is 5.54. The Morgan fingerprint density at radius 2 is 1.56 bits per heavy atom. The van der Waals surface area contributed by atoms with Crippen LogP contribution in [0, 0.1) is 0 Å². The number of nitrogens with one attached hydrogen (secondary N) is 1. The Morgan fingerprint density at radius 1 is 0.880 bits per heavy atom. The molecular weight excluding hydrogens is 314 g/mol. The van der Waals surface area contributed by atoms with Crippen LogP contribution in [0.4, 0.5) is 0 Å². The number of rotatable bonds is 7. The van der Waals surface area contributed by atoms with Crippen LogP contribution < -0.4 is 14.8 Å². The van der Waals surface area contributed by atoms with Crippen LogP contribution in [0.15, 0.2) is 66.7 Å². The summed E-state index contributed by atoms with van der Waals surface area (Å²) in [5, 5.41) is 4.91. The van der Waals surface area contributed by atoms with E-state index in [2.05, 4.69) is 5.32 Å². The van der Waals surface area contributed by atoms with Gasteiger partial charge in [-0.1, -0.05) is 36.4 Å². The fourth-order valence-corrected chi connectivity index (χ4v) is 2.65. The second-order valence-corrected chi connectivity index (χ2v) is 5.54. The molecule has 3 aromatic carbocycles. The molecule has 0 aromatic heterocycles. The van der Waals surface area contributed by atoms with Crippen LogP contribution in [0.2, 0.25) is 0 Å². The van der Waals surface area contributed by atoms with Crippen LogP contribution in [0.5, 0.6) is 11.5 Å². The van der Waals surface area contributed by atoms with Gasteiger partial charge in [0.05, 0.1) is 13.2 Å². The lowest BCUT2D eigenvalue weighted by molar-refractivity contribution is 0.0948. The van der Waals surface area contributed by atoms with E-state index in [1.165, 1.54) is 0 Å². The third-order valence-electron chi connectivity index (χ3n) is 3.83. The maximum absolute atomic E-state index is 12.4. The topological polar surface area (TPSA) is 47.6 Å². The highest BCUT2D eigenvalue weighted by atomic mass is 16.5. The molecule has 0 bridgehead atoms. The molecular formula is C21H21NO3. The molecule has 0 atom stereocenters. The van der Waals surface area contributed by atoms with Gasteiger partial charge in [0, 0.05) is 5.56 Å². The molecule has 0 fully saturated rings. The van der Waals surface area contributed by atoms with Crippen molar-refractivity contribution in [2.75, 3.05) is 19.8 Å². The molecule has 0 aliphatic rings. The highest BCUT2D eigenvalue weighted by Crippen LogP contribution is 2.19. The van der Waals surface area contributed by atoms with Crippen molar-refractivity contribution < 1.29 is 14.3 Å². The third kappa shape index (κ3) is 4.29. The van der Waals surface area contributed by atoms with E-state index < -0.39 is 0 Å². The quantitative estimate of drug-likeness (QED) is 0.663. The monoisotopic (exact) mass is 335 g/mol. The van der Waals surface area contributed by atoms with Gasteiger partial charge in [-0.3, -0.25) is 4.79 Å². The van der Waals surface area contributed by atoms with Crippen LogP contribution in [0.1, 0.15) is 17.3 Å². The SMILES string of the molecule is CCOc1ccc(OCCNC(=O)c2cccc3ccccc23)cc1. The molecule has 1 N–H and O–H groups in total. The maximum atomic E-state index is 12.4. The van der Waals surface area contributed by atoms with Gasteiger partial charge in [-0.2, -0.15) is 0 Å². The van der Waals surface area contributed by atoms with Crippen LogP contribution in [-0.2, 0) is 0 Å². The van der Waals surface area contributed by atoms with Gasteiger partial charge in [-0.15, -0.1) is 0 Å². The normalized spacial score (nSPS) is 10.4. The fraction of sp³-hybridized carbons (Fsp3) is 0.190. The van der Waals surface area contributed by atoms with Crippen LogP contribution in [0.3, 0.4) is 0 Å². The molecule has 3 rings (SSSR count). The summed E-state index contributed by atoms with van der Waals surface area (Å²) in [6.07, 6.45) is 0. The first-order chi connectivity index (χ1) is 12.3. The van der Waals surface area contributed by atoms with E-state index in [1.54, 1.807) is 0 Å². The standard InChI is InChI=1S/C21H21NO3/c1-2-24-17-10-12-18(13-11-17)25-15-14-22-21(23)20-9-5-7-16-6-3-4-8-19(16)20/h3-13H,2,14-15H2,1H3,(H,22,23). The Bertz CT molecular complexity index is 838. The van der Waals surface area contributed by atoms with Gasteiger partial charge in [-0.05, 0) is 48.0 Å². The molecule has 4 heteroatoms. The van der Waals surface area contributed by atoms with Crippen molar-refractivity contribution in [3.05, 3.63) is 72.3 Å². The van der Waals surface area contributed by atoms with Gasteiger partial charge in [-0.25, -0.2) is 0 Å². The Morgan fingerprint density at radius 3 is 2.32 bits per heavy atom. The fourth-order valence-electron chi connectivity index (χ4n) is 2.65. The number of ether oxygens (including phenoxy) is 2. The molecule has 0 aliphatic heterocycles. The minimum atomic E-state index is -0.0907. The Balaban J connectivity index is 1.52. The molecule has 3 aromatic rings. The van der Waals surface area contributed by atoms with Crippen molar-refractivity contribution in [1.82, 2.24) is 5.32 Å². The van der Waals surface area contributed by atoms with Crippen molar-refractivity contribution in [2.24, 2.45) is 0 Å². The second kappa shape index (κ2) is 8.20. The van der Waals surface area contributed by atoms with Gasteiger partial charge in [0.15, 0.2) is 0 Å². The minimum Gasteiger partial charge on any atom is -0.494 e. The molecule has 128 valence electrons. The summed E-state index contributed by atoms with van der Waals surface area (Å²) in [5.41, 5.74) is 0.680. The molecule has 0 radical (unpaired) electrons. The lowest BCUT2D eigenvalue weighted by atomic mass is 10.0. The number of benzene rings is 3. The minimum absolute atomic E-state index is 0.0907. The zero-order valence-electron chi connectivity index (χ0n) is 14.2. The van der Waals surface area contributed by atoms with Crippen molar-refractivity contribution in [2.45, 2.75) is 6.92 Å². The molecule has 1 amide bonds. The summed E-state index contributed by atoms with van der Waals surface area (Å²) in [6.45, 7) is 3.43. The van der Waals surface area contributed by atoms with Gasteiger partial charge < -0.3 is 14.8 Å². The van der Waals surface area contributed by atoms with E-state index in [0.29, 0.717) is 25.3 Å². The maximum Gasteiger partial charge on any atom is 0.252 e. The summed E-state index contributed by atoms with van der Waals surface area (Å²) >= 11 is 0. The van der Waals surface area contributed by atoms with Crippen molar-refractivity contribution in [1.29, 1.82) is 0 Å². The number of hydrogen-bond donors (Lipinski definition) is 1. The van der Waals surface area contributed by atoms with E-state index in [1.807, 2.05) is 73.7 Å². The predicted molar refractivity (Wildman–Crippen MR) is 99.4 cm³/mol. The van der Waals surface area contributed by atoms with E-state index in [0.717, 1.165) is 22.3 Å². The first-order valence-corrected chi connectivity index (χ1v) is 8.39. The largest absolute Gasteiger partial charge is 0.494 e. The van der Waals surface area contributed by atoms with Crippen LogP contribution >= 0.6 is 0 Å². The van der Waals surface area contributed by atoms with E-state index >= 15 is 0 Å². The predicted octanol–water partition coefficient (Wildman–Crippen LogP) is 4.05. The molecule has 0 heterocycles. The van der Waals surface area contributed by atoms with E-state index in [4.69, 9.17) is 9.47 Å². The summed E-state index contributed by atoms with van der Waals surface area (Å²) in [7, 11) is 0. The lowest BCUT2D eigenvalue weighted by Crippen LogP contribution is -2.28. The highest BCUT2D eigenvalue weighted by molar-refractivity contribution is 6.06. The number of amides is 1. The summed E-state index contributed by atoms with van der Waals surface area (Å²) in [6, 6.07) is 21.1. The smallest absolute Gasteiger partial charge is 0.252 e. The van der Waals surface area contributed by atoms with Gasteiger partial charge in [0.1, 0.15) is 18.1 Å². The van der Waals surface area contributed by atoms with E-state index in [-0.39, 0.29) is 5.91 Å². The zero-order valence-corrected chi connectivity index (χ0v) is 14.2. The summed E-state index contributed by atoms with van der Waals surface area (Å²) in [4.78, 5) is 12.4. The first-order valence-electron chi connectivity index (χ1n) is 8.39. The average Bonchev–Trinajstić information content (AvgIpc) is 2.66. The number of hydrogen-bond acceptors (Lipinski definition) is 3. The van der Waals surface area contributed by atoms with Crippen molar-refractivity contribution >= 4 is 16.7 Å². The summed E-state index contributed by atoms with van der Waals surface area (Å²) < 4.78 is 11.0. The Kier molecular flexibility index (Phi) is 5.52. The summed E-state index contributed by atoms with van der Waals surface area (Å²) in [5.74, 6) is 1.48. The Hall–Kier alpha value is -3.01. The lowest BCUT2D eigenvalue weighted by Gasteiger charge is -2.10. The van der Waals surface area contributed by atoms with E-state index in [9.17, 15) is 4.79 Å².